The second-order valence-electron chi connectivity index (χ2n) is 4.53. The summed E-state index contributed by atoms with van der Waals surface area (Å²) in [7, 11) is 0. The first-order valence-electron chi connectivity index (χ1n) is 6.13. The van der Waals surface area contributed by atoms with Crippen LogP contribution >= 0.6 is 11.6 Å². The fourth-order valence-corrected chi connectivity index (χ4v) is 2.32. The third-order valence-corrected chi connectivity index (χ3v) is 3.33. The lowest BCUT2D eigenvalue weighted by molar-refractivity contribution is -0.120. The molecule has 1 saturated carbocycles. The molecule has 1 aliphatic rings. The SMILES string of the molecule is O=C(CNc1ccc(Cl)cc1F)NC1CCCC1. The van der Waals surface area contributed by atoms with Crippen LogP contribution in [-0.4, -0.2) is 18.5 Å². The topological polar surface area (TPSA) is 41.1 Å². The van der Waals surface area contributed by atoms with E-state index in [2.05, 4.69) is 10.6 Å². The summed E-state index contributed by atoms with van der Waals surface area (Å²) in [5, 5.41) is 6.04. The van der Waals surface area contributed by atoms with Crippen molar-refractivity contribution in [1.82, 2.24) is 5.32 Å². The van der Waals surface area contributed by atoms with Crippen LogP contribution in [0.25, 0.3) is 0 Å². The summed E-state index contributed by atoms with van der Waals surface area (Å²) in [5.41, 5.74) is 0.293. The van der Waals surface area contributed by atoms with Crippen LogP contribution in [0.2, 0.25) is 5.02 Å². The van der Waals surface area contributed by atoms with Crippen LogP contribution in [0.15, 0.2) is 18.2 Å². The Kier molecular flexibility index (Phi) is 4.42. The molecule has 0 spiro atoms. The number of rotatable bonds is 4. The average Bonchev–Trinajstić information content (AvgIpc) is 2.80. The molecule has 0 aliphatic heterocycles. The normalized spacial score (nSPS) is 15.7. The first kappa shape index (κ1) is 13.1. The number of anilines is 1. The summed E-state index contributed by atoms with van der Waals surface area (Å²) < 4.78 is 13.4. The third kappa shape index (κ3) is 3.60. The molecule has 5 heteroatoms. The van der Waals surface area contributed by atoms with Gasteiger partial charge in [-0.3, -0.25) is 4.79 Å². The van der Waals surface area contributed by atoms with Crippen molar-refractivity contribution in [2.75, 3.05) is 11.9 Å². The summed E-state index contributed by atoms with van der Waals surface area (Å²) >= 11 is 5.65. The molecule has 0 saturated heterocycles. The second-order valence-corrected chi connectivity index (χ2v) is 4.96. The third-order valence-electron chi connectivity index (χ3n) is 3.09. The van der Waals surface area contributed by atoms with Crippen LogP contribution in [0.5, 0.6) is 0 Å². The highest BCUT2D eigenvalue weighted by atomic mass is 35.5. The zero-order valence-corrected chi connectivity index (χ0v) is 10.8. The highest BCUT2D eigenvalue weighted by Crippen LogP contribution is 2.19. The molecule has 0 bridgehead atoms. The van der Waals surface area contributed by atoms with Gasteiger partial charge in [-0.2, -0.15) is 0 Å². The molecule has 18 heavy (non-hydrogen) atoms. The van der Waals surface area contributed by atoms with E-state index in [0.717, 1.165) is 12.8 Å². The first-order valence-corrected chi connectivity index (χ1v) is 6.51. The van der Waals surface area contributed by atoms with E-state index in [9.17, 15) is 9.18 Å². The van der Waals surface area contributed by atoms with E-state index in [0.29, 0.717) is 10.7 Å². The molecule has 1 aromatic rings. The molecular weight excluding hydrogens is 255 g/mol. The van der Waals surface area contributed by atoms with Crippen LogP contribution in [0.1, 0.15) is 25.7 Å². The molecular formula is C13H16ClFN2O. The van der Waals surface area contributed by atoms with Crippen molar-refractivity contribution in [1.29, 1.82) is 0 Å². The molecule has 98 valence electrons. The Morgan fingerprint density at radius 2 is 2.11 bits per heavy atom. The van der Waals surface area contributed by atoms with Crippen LogP contribution in [-0.2, 0) is 4.79 Å². The standard InChI is InChI=1S/C13H16ClFN2O/c14-9-5-6-12(11(15)7-9)16-8-13(18)17-10-3-1-2-4-10/h5-7,10,16H,1-4,8H2,(H,17,18). The summed E-state index contributed by atoms with van der Waals surface area (Å²) in [6, 6.07) is 4.62. The predicted molar refractivity (Wildman–Crippen MR) is 70.3 cm³/mol. The Hall–Kier alpha value is -1.29. The number of halogens is 2. The monoisotopic (exact) mass is 270 g/mol. The zero-order valence-electron chi connectivity index (χ0n) is 10.0. The van der Waals surface area contributed by atoms with E-state index in [1.165, 1.54) is 25.0 Å². The maximum Gasteiger partial charge on any atom is 0.239 e. The van der Waals surface area contributed by atoms with E-state index in [4.69, 9.17) is 11.6 Å². The van der Waals surface area contributed by atoms with Crippen molar-refractivity contribution < 1.29 is 9.18 Å². The van der Waals surface area contributed by atoms with E-state index >= 15 is 0 Å². The fourth-order valence-electron chi connectivity index (χ4n) is 2.16. The minimum atomic E-state index is -0.448. The van der Waals surface area contributed by atoms with Crippen LogP contribution in [0.3, 0.4) is 0 Å². The van der Waals surface area contributed by atoms with Crippen molar-refractivity contribution in [2.24, 2.45) is 0 Å². The predicted octanol–water partition coefficient (Wildman–Crippen LogP) is 2.95. The largest absolute Gasteiger partial charge is 0.374 e. The molecule has 0 radical (unpaired) electrons. The van der Waals surface area contributed by atoms with Gasteiger partial charge in [0.15, 0.2) is 0 Å². The fraction of sp³-hybridized carbons (Fsp3) is 0.462. The molecule has 2 rings (SSSR count). The molecule has 0 atom stereocenters. The minimum Gasteiger partial charge on any atom is -0.374 e. The molecule has 1 aromatic carbocycles. The Labute approximate surface area is 111 Å². The molecule has 3 nitrogen and oxygen atoms in total. The lowest BCUT2D eigenvalue weighted by Gasteiger charge is -2.13. The Balaban J connectivity index is 1.81. The van der Waals surface area contributed by atoms with E-state index in [-0.39, 0.29) is 18.5 Å². The Morgan fingerprint density at radius 3 is 2.78 bits per heavy atom. The van der Waals surface area contributed by atoms with Gasteiger partial charge in [0.2, 0.25) is 5.91 Å². The zero-order chi connectivity index (χ0) is 13.0. The lowest BCUT2D eigenvalue weighted by Crippen LogP contribution is -2.36. The number of hydrogen-bond acceptors (Lipinski definition) is 2. The minimum absolute atomic E-state index is 0.0784. The van der Waals surface area contributed by atoms with E-state index in [1.54, 1.807) is 6.07 Å². The van der Waals surface area contributed by atoms with Crippen LogP contribution in [0, 0.1) is 5.82 Å². The molecule has 2 N–H and O–H groups in total. The smallest absolute Gasteiger partial charge is 0.239 e. The number of benzene rings is 1. The average molecular weight is 271 g/mol. The summed E-state index contributed by atoms with van der Waals surface area (Å²) in [6.45, 7) is 0.0784. The van der Waals surface area contributed by atoms with Crippen LogP contribution < -0.4 is 10.6 Å². The van der Waals surface area contributed by atoms with Gasteiger partial charge in [-0.15, -0.1) is 0 Å². The molecule has 1 fully saturated rings. The number of hydrogen-bond donors (Lipinski definition) is 2. The lowest BCUT2D eigenvalue weighted by atomic mass is 10.2. The van der Waals surface area contributed by atoms with Gasteiger partial charge in [0.05, 0.1) is 12.2 Å². The molecule has 0 heterocycles. The van der Waals surface area contributed by atoms with E-state index in [1.807, 2.05) is 0 Å². The molecule has 1 amide bonds. The molecule has 1 aliphatic carbocycles. The van der Waals surface area contributed by atoms with Crippen LogP contribution in [0.4, 0.5) is 10.1 Å². The van der Waals surface area contributed by atoms with E-state index < -0.39 is 5.82 Å². The number of carbonyl (C=O) groups excluding carboxylic acids is 1. The van der Waals surface area contributed by atoms with Gasteiger partial charge in [-0.05, 0) is 31.0 Å². The Bertz CT molecular complexity index is 433. The molecule has 0 unspecified atom stereocenters. The van der Waals surface area contributed by atoms with Crippen molar-refractivity contribution >= 4 is 23.2 Å². The summed E-state index contributed by atoms with van der Waals surface area (Å²) in [4.78, 5) is 11.6. The summed E-state index contributed by atoms with van der Waals surface area (Å²) in [5.74, 6) is -0.549. The highest BCUT2D eigenvalue weighted by Gasteiger charge is 2.16. The molecule has 0 aromatic heterocycles. The number of nitrogens with one attached hydrogen (secondary N) is 2. The van der Waals surface area contributed by atoms with Crippen molar-refractivity contribution in [3.63, 3.8) is 0 Å². The maximum absolute atomic E-state index is 13.4. The quantitative estimate of drug-likeness (QED) is 0.883. The first-order chi connectivity index (χ1) is 8.65. The summed E-state index contributed by atoms with van der Waals surface area (Å²) in [6.07, 6.45) is 4.43. The Morgan fingerprint density at radius 1 is 1.39 bits per heavy atom. The number of carbonyl (C=O) groups is 1. The second kappa shape index (κ2) is 6.05. The van der Waals surface area contributed by atoms with Crippen molar-refractivity contribution in [3.05, 3.63) is 29.0 Å². The van der Waals surface area contributed by atoms with Crippen molar-refractivity contribution in [2.45, 2.75) is 31.7 Å². The number of amides is 1. The van der Waals surface area contributed by atoms with Crippen molar-refractivity contribution in [3.8, 4) is 0 Å². The van der Waals surface area contributed by atoms with Gasteiger partial charge < -0.3 is 10.6 Å². The van der Waals surface area contributed by atoms with Gasteiger partial charge in [0, 0.05) is 11.1 Å². The van der Waals surface area contributed by atoms with Gasteiger partial charge >= 0.3 is 0 Å². The maximum atomic E-state index is 13.4. The van der Waals surface area contributed by atoms with Gasteiger partial charge in [0.1, 0.15) is 5.82 Å². The van der Waals surface area contributed by atoms with Gasteiger partial charge in [-0.25, -0.2) is 4.39 Å². The van der Waals surface area contributed by atoms with Gasteiger partial charge in [0.25, 0.3) is 0 Å². The van der Waals surface area contributed by atoms with Gasteiger partial charge in [-0.1, -0.05) is 24.4 Å². The highest BCUT2D eigenvalue weighted by molar-refractivity contribution is 6.30.